The second-order valence-corrected chi connectivity index (χ2v) is 7.71. The third-order valence-corrected chi connectivity index (χ3v) is 5.12. The molecule has 0 unspecified atom stereocenters. The van der Waals surface area contributed by atoms with E-state index in [-0.39, 0.29) is 5.75 Å². The first kappa shape index (κ1) is 23.3. The fraction of sp³-hybridized carbons (Fsp3) is 0.240. The summed E-state index contributed by atoms with van der Waals surface area (Å²) in [5.41, 5.74) is 3.61. The molecule has 0 aliphatic rings. The van der Waals surface area contributed by atoms with Gasteiger partial charge in [0, 0.05) is 36.3 Å². The SMILES string of the molecule is FC(F)(F)Oc1ccc(-c2cncc(COc3ccc(CCCCn4ccnn4)cc3)c2)cc1. The number of rotatable bonds is 10. The first-order chi connectivity index (χ1) is 16.4. The minimum atomic E-state index is -4.71. The second-order valence-electron chi connectivity index (χ2n) is 7.71. The molecule has 0 aliphatic carbocycles. The van der Waals surface area contributed by atoms with Gasteiger partial charge in [0.05, 0.1) is 6.20 Å². The van der Waals surface area contributed by atoms with Gasteiger partial charge in [0.25, 0.3) is 0 Å². The van der Waals surface area contributed by atoms with Crippen molar-refractivity contribution in [3.05, 3.63) is 90.5 Å². The zero-order valence-corrected chi connectivity index (χ0v) is 18.3. The van der Waals surface area contributed by atoms with Crippen molar-refractivity contribution < 1.29 is 22.6 Å². The molecule has 0 atom stereocenters. The third-order valence-electron chi connectivity index (χ3n) is 5.12. The highest BCUT2D eigenvalue weighted by atomic mass is 19.4. The van der Waals surface area contributed by atoms with E-state index in [1.165, 1.54) is 17.7 Å². The van der Waals surface area contributed by atoms with E-state index in [1.807, 2.05) is 29.1 Å². The molecule has 0 amide bonds. The van der Waals surface area contributed by atoms with Gasteiger partial charge in [0.15, 0.2) is 0 Å². The van der Waals surface area contributed by atoms with Crippen molar-refractivity contribution in [3.8, 4) is 22.6 Å². The van der Waals surface area contributed by atoms with Crippen LogP contribution in [0.1, 0.15) is 24.0 Å². The molecule has 0 bridgehead atoms. The molecule has 0 aliphatic heterocycles. The quantitative estimate of drug-likeness (QED) is 0.274. The number of aryl methyl sites for hydroxylation is 2. The van der Waals surface area contributed by atoms with E-state index >= 15 is 0 Å². The number of hydrogen-bond donors (Lipinski definition) is 0. The molecule has 0 saturated carbocycles. The molecule has 2 aromatic heterocycles. The molecule has 34 heavy (non-hydrogen) atoms. The Hall–Kier alpha value is -3.88. The highest BCUT2D eigenvalue weighted by molar-refractivity contribution is 5.63. The average Bonchev–Trinajstić information content (AvgIpc) is 3.35. The Morgan fingerprint density at radius 3 is 2.29 bits per heavy atom. The van der Waals surface area contributed by atoms with Crippen molar-refractivity contribution in [1.82, 2.24) is 20.0 Å². The van der Waals surface area contributed by atoms with Crippen LogP contribution in [0, 0.1) is 0 Å². The summed E-state index contributed by atoms with van der Waals surface area (Å²) < 4.78 is 48.6. The summed E-state index contributed by atoms with van der Waals surface area (Å²) in [6, 6.07) is 15.6. The number of unbranched alkanes of at least 4 members (excludes halogenated alkanes) is 1. The summed E-state index contributed by atoms with van der Waals surface area (Å²) >= 11 is 0. The largest absolute Gasteiger partial charge is 0.573 e. The number of benzene rings is 2. The zero-order valence-electron chi connectivity index (χ0n) is 18.3. The Morgan fingerprint density at radius 1 is 0.824 bits per heavy atom. The van der Waals surface area contributed by atoms with Crippen LogP contribution in [0.3, 0.4) is 0 Å². The molecular formula is C25H23F3N4O2. The van der Waals surface area contributed by atoms with Crippen LogP contribution in [-0.4, -0.2) is 26.3 Å². The third kappa shape index (κ3) is 7.06. The van der Waals surface area contributed by atoms with Gasteiger partial charge < -0.3 is 9.47 Å². The summed E-state index contributed by atoms with van der Waals surface area (Å²) in [6.07, 6.45) is 5.25. The summed E-state index contributed by atoms with van der Waals surface area (Å²) in [6.45, 7) is 1.19. The standard InChI is InChI=1S/C25H23F3N4O2/c26-25(27,28)34-24-10-6-21(7-11-24)22-15-20(16-29-17-22)18-33-23-8-4-19(5-9-23)3-1-2-13-32-14-12-30-31-32/h4-12,14-17H,1-3,13,18H2. The summed E-state index contributed by atoms with van der Waals surface area (Å²) in [4.78, 5) is 4.23. The number of hydrogen-bond acceptors (Lipinski definition) is 5. The highest BCUT2D eigenvalue weighted by Gasteiger charge is 2.30. The molecule has 4 rings (SSSR count). The van der Waals surface area contributed by atoms with Gasteiger partial charge in [0.1, 0.15) is 18.1 Å². The smallest absolute Gasteiger partial charge is 0.489 e. The zero-order chi connectivity index (χ0) is 23.8. The lowest BCUT2D eigenvalue weighted by atomic mass is 10.1. The molecular weight excluding hydrogens is 445 g/mol. The lowest BCUT2D eigenvalue weighted by molar-refractivity contribution is -0.274. The Kier molecular flexibility index (Phi) is 7.41. The summed E-state index contributed by atoms with van der Waals surface area (Å²) in [5, 5.41) is 7.76. The lowest BCUT2D eigenvalue weighted by Gasteiger charge is -2.10. The van der Waals surface area contributed by atoms with Gasteiger partial charge in [-0.25, -0.2) is 0 Å². The van der Waals surface area contributed by atoms with E-state index < -0.39 is 6.36 Å². The van der Waals surface area contributed by atoms with Gasteiger partial charge in [-0.15, -0.1) is 18.3 Å². The minimum absolute atomic E-state index is 0.262. The first-order valence-corrected chi connectivity index (χ1v) is 10.8. The van der Waals surface area contributed by atoms with E-state index in [2.05, 4.69) is 32.2 Å². The molecule has 0 fully saturated rings. The molecule has 176 valence electrons. The van der Waals surface area contributed by atoms with E-state index in [0.717, 1.165) is 48.2 Å². The topological polar surface area (TPSA) is 62.1 Å². The molecule has 0 N–H and O–H groups in total. The van der Waals surface area contributed by atoms with Gasteiger partial charge >= 0.3 is 6.36 Å². The molecule has 2 heterocycles. The molecule has 2 aromatic carbocycles. The molecule has 0 radical (unpaired) electrons. The number of aromatic nitrogens is 4. The van der Waals surface area contributed by atoms with Crippen LogP contribution < -0.4 is 9.47 Å². The van der Waals surface area contributed by atoms with Gasteiger partial charge in [0.2, 0.25) is 0 Å². The van der Waals surface area contributed by atoms with Crippen LogP contribution in [0.4, 0.5) is 13.2 Å². The fourth-order valence-corrected chi connectivity index (χ4v) is 3.45. The maximum absolute atomic E-state index is 12.3. The molecule has 0 spiro atoms. The predicted octanol–water partition coefficient (Wildman–Crippen LogP) is 5.84. The number of nitrogens with zero attached hydrogens (tertiary/aromatic N) is 4. The molecule has 9 heteroatoms. The number of alkyl halides is 3. The summed E-state index contributed by atoms with van der Waals surface area (Å²) in [7, 11) is 0. The minimum Gasteiger partial charge on any atom is -0.489 e. The maximum Gasteiger partial charge on any atom is 0.573 e. The van der Waals surface area contributed by atoms with Crippen LogP contribution in [-0.2, 0) is 19.6 Å². The highest BCUT2D eigenvalue weighted by Crippen LogP contribution is 2.27. The van der Waals surface area contributed by atoms with Crippen molar-refractivity contribution in [2.75, 3.05) is 0 Å². The number of ether oxygens (including phenoxy) is 2. The van der Waals surface area contributed by atoms with Gasteiger partial charge in [-0.2, -0.15) is 0 Å². The fourth-order valence-electron chi connectivity index (χ4n) is 3.45. The van der Waals surface area contributed by atoms with E-state index in [0.29, 0.717) is 6.61 Å². The first-order valence-electron chi connectivity index (χ1n) is 10.8. The normalized spacial score (nSPS) is 11.4. The van der Waals surface area contributed by atoms with Crippen LogP contribution in [0.2, 0.25) is 0 Å². The van der Waals surface area contributed by atoms with Gasteiger partial charge in [-0.3, -0.25) is 9.67 Å². The van der Waals surface area contributed by atoms with Crippen molar-refractivity contribution in [2.45, 2.75) is 38.8 Å². The van der Waals surface area contributed by atoms with Gasteiger partial charge in [-0.1, -0.05) is 29.5 Å². The van der Waals surface area contributed by atoms with Crippen molar-refractivity contribution in [2.24, 2.45) is 0 Å². The molecule has 0 saturated heterocycles. The van der Waals surface area contributed by atoms with Crippen LogP contribution in [0.25, 0.3) is 11.1 Å². The van der Waals surface area contributed by atoms with Crippen molar-refractivity contribution >= 4 is 0 Å². The average molecular weight is 468 g/mol. The maximum atomic E-state index is 12.3. The Labute approximate surface area is 195 Å². The van der Waals surface area contributed by atoms with Crippen LogP contribution in [0.5, 0.6) is 11.5 Å². The van der Waals surface area contributed by atoms with Crippen molar-refractivity contribution in [3.63, 3.8) is 0 Å². The van der Waals surface area contributed by atoms with E-state index in [4.69, 9.17) is 4.74 Å². The monoisotopic (exact) mass is 468 g/mol. The second kappa shape index (κ2) is 10.8. The molecule has 6 nitrogen and oxygen atoms in total. The Bertz CT molecular complexity index is 1160. The number of halogens is 3. The Morgan fingerprint density at radius 2 is 1.59 bits per heavy atom. The molecule has 4 aromatic rings. The van der Waals surface area contributed by atoms with E-state index in [1.54, 1.807) is 30.7 Å². The summed E-state index contributed by atoms with van der Waals surface area (Å²) in [5.74, 6) is 0.493. The number of pyridine rings is 1. The van der Waals surface area contributed by atoms with Crippen LogP contribution in [0.15, 0.2) is 79.4 Å². The lowest BCUT2D eigenvalue weighted by Crippen LogP contribution is -2.16. The van der Waals surface area contributed by atoms with Crippen molar-refractivity contribution in [1.29, 1.82) is 0 Å². The van der Waals surface area contributed by atoms with E-state index in [9.17, 15) is 13.2 Å². The van der Waals surface area contributed by atoms with Gasteiger partial charge in [-0.05, 0) is 60.7 Å². The Balaban J connectivity index is 1.27. The van der Waals surface area contributed by atoms with Crippen LogP contribution >= 0.6 is 0 Å². The predicted molar refractivity (Wildman–Crippen MR) is 120 cm³/mol.